The average Bonchev–Trinajstić information content (AvgIpc) is 3.27. The Balaban J connectivity index is 1.13. The zero-order valence-electron chi connectivity index (χ0n) is 18.3. The molecule has 2 bridgehead atoms. The Bertz CT molecular complexity index is 1060. The van der Waals surface area contributed by atoms with Gasteiger partial charge in [0.15, 0.2) is 0 Å². The van der Waals surface area contributed by atoms with E-state index >= 15 is 0 Å². The molecule has 1 fully saturated rings. The van der Waals surface area contributed by atoms with Crippen molar-refractivity contribution in [2.24, 2.45) is 11.8 Å². The maximum Gasteiger partial charge on any atom is 0.225 e. The number of hydrogen-bond acceptors (Lipinski definition) is 4. The van der Waals surface area contributed by atoms with Gasteiger partial charge in [0.05, 0.1) is 11.9 Å². The van der Waals surface area contributed by atoms with Crippen LogP contribution in [0.5, 0.6) is 0 Å². The number of aliphatic hydroxyl groups is 1. The van der Waals surface area contributed by atoms with E-state index in [4.69, 9.17) is 4.42 Å². The molecule has 3 aliphatic rings. The van der Waals surface area contributed by atoms with Gasteiger partial charge in [-0.05, 0) is 86.9 Å². The minimum atomic E-state index is -0.550. The number of pyridine rings is 1. The summed E-state index contributed by atoms with van der Waals surface area (Å²) in [7, 11) is 2.17. The summed E-state index contributed by atoms with van der Waals surface area (Å²) >= 11 is 0. The lowest BCUT2D eigenvalue weighted by molar-refractivity contribution is -0.0574. The summed E-state index contributed by atoms with van der Waals surface area (Å²) in [5.74, 6) is 0.780. The van der Waals surface area contributed by atoms with Crippen molar-refractivity contribution in [1.82, 2.24) is 9.88 Å². The fourth-order valence-corrected chi connectivity index (χ4v) is 5.53. The zero-order valence-corrected chi connectivity index (χ0v) is 18.3. The normalized spacial score (nSPS) is 25.3. The highest BCUT2D eigenvalue weighted by Gasteiger charge is 2.46. The van der Waals surface area contributed by atoms with Gasteiger partial charge >= 0.3 is 0 Å². The van der Waals surface area contributed by atoms with Gasteiger partial charge < -0.3 is 14.4 Å². The largest absolute Gasteiger partial charge is 0.446 e. The minimum absolute atomic E-state index is 0.286. The van der Waals surface area contributed by atoms with Gasteiger partial charge in [-0.2, -0.15) is 0 Å². The molecule has 0 aliphatic heterocycles. The Labute approximate surface area is 184 Å². The van der Waals surface area contributed by atoms with Crippen molar-refractivity contribution in [3.63, 3.8) is 0 Å². The molecule has 3 atom stereocenters. The van der Waals surface area contributed by atoms with Crippen LogP contribution >= 0.6 is 0 Å². The molecule has 4 nitrogen and oxygen atoms in total. The lowest BCUT2D eigenvalue weighted by Crippen LogP contribution is -2.48. The molecule has 0 amide bonds. The molecular formula is C27H32N2O2. The molecule has 2 heterocycles. The Morgan fingerprint density at radius 2 is 2.03 bits per heavy atom. The van der Waals surface area contributed by atoms with E-state index in [1.807, 2.05) is 12.3 Å². The predicted molar refractivity (Wildman–Crippen MR) is 125 cm³/mol. The summed E-state index contributed by atoms with van der Waals surface area (Å²) in [6.45, 7) is 1.96. The Kier molecular flexibility index (Phi) is 5.68. The van der Waals surface area contributed by atoms with Gasteiger partial charge in [0, 0.05) is 24.0 Å². The van der Waals surface area contributed by atoms with Crippen LogP contribution in [0.15, 0.2) is 65.4 Å². The van der Waals surface area contributed by atoms with E-state index in [9.17, 15) is 5.11 Å². The first kappa shape index (κ1) is 20.5. The first-order valence-corrected chi connectivity index (χ1v) is 11.6. The number of aromatic nitrogens is 1. The number of fused-ring (bicyclic) bond motifs is 3. The van der Waals surface area contributed by atoms with Gasteiger partial charge in [-0.1, -0.05) is 36.4 Å². The molecule has 3 aliphatic carbocycles. The van der Waals surface area contributed by atoms with Crippen molar-refractivity contribution in [3.8, 4) is 0 Å². The number of rotatable bonds is 8. The van der Waals surface area contributed by atoms with E-state index < -0.39 is 5.60 Å². The van der Waals surface area contributed by atoms with E-state index in [1.54, 1.807) is 6.26 Å². The molecule has 1 N–H and O–H groups in total. The van der Waals surface area contributed by atoms with Crippen molar-refractivity contribution in [1.29, 1.82) is 0 Å². The molecule has 0 unspecified atom stereocenters. The number of aryl methyl sites for hydroxylation is 1. The van der Waals surface area contributed by atoms with Crippen molar-refractivity contribution >= 4 is 16.7 Å². The Morgan fingerprint density at radius 1 is 1.16 bits per heavy atom. The van der Waals surface area contributed by atoms with E-state index in [0.717, 1.165) is 50.6 Å². The standard InChI is InChI=1S/C27H32N2O2/c1-29(13-5-6-20-16-22-11-15-31-26(22)28-19-20)14-12-27(30)18-23-9-10-24(27)17-25(23)21-7-3-2-4-8-21/h2-4,7-8,11,15-17,19,23-24,30H,5-6,9-10,12-14,18H2,1H3/t23-,24-,27+/m1/s1. The molecule has 4 heteroatoms. The smallest absolute Gasteiger partial charge is 0.225 e. The average molecular weight is 417 g/mol. The molecule has 31 heavy (non-hydrogen) atoms. The number of nitrogens with zero attached hydrogens (tertiary/aromatic N) is 2. The highest BCUT2D eigenvalue weighted by atomic mass is 16.3. The quantitative estimate of drug-likeness (QED) is 0.539. The van der Waals surface area contributed by atoms with Crippen LogP contribution in [0.1, 0.15) is 43.2 Å². The van der Waals surface area contributed by atoms with Crippen LogP contribution in [0.4, 0.5) is 0 Å². The van der Waals surface area contributed by atoms with Crippen LogP contribution in [-0.2, 0) is 6.42 Å². The molecule has 0 spiro atoms. The molecule has 3 aromatic rings. The molecule has 0 saturated heterocycles. The number of furan rings is 1. The molecule has 2 aromatic heterocycles. The zero-order chi connectivity index (χ0) is 21.3. The second kappa shape index (κ2) is 8.60. The van der Waals surface area contributed by atoms with Crippen LogP contribution in [0.2, 0.25) is 0 Å². The SMILES string of the molecule is CN(CCCc1cnc2occc2c1)CC[C@]1(O)C[C@H]2CC[C@@H]1C=C2c1ccccc1. The minimum Gasteiger partial charge on any atom is -0.446 e. The highest BCUT2D eigenvalue weighted by Crippen LogP contribution is 2.51. The van der Waals surface area contributed by atoms with E-state index in [-0.39, 0.29) is 5.92 Å². The van der Waals surface area contributed by atoms with Crippen LogP contribution in [0.25, 0.3) is 16.7 Å². The summed E-state index contributed by atoms with van der Waals surface area (Å²) in [5, 5.41) is 12.5. The molecule has 1 saturated carbocycles. The van der Waals surface area contributed by atoms with Crippen molar-refractivity contribution in [3.05, 3.63) is 72.1 Å². The van der Waals surface area contributed by atoms with Gasteiger partial charge in [0.25, 0.3) is 0 Å². The summed E-state index contributed by atoms with van der Waals surface area (Å²) in [6, 6.07) is 14.9. The number of benzene rings is 1. The van der Waals surface area contributed by atoms with E-state index in [0.29, 0.717) is 11.6 Å². The van der Waals surface area contributed by atoms with Gasteiger partial charge in [-0.15, -0.1) is 0 Å². The second-order valence-corrected chi connectivity index (χ2v) is 9.49. The third kappa shape index (κ3) is 4.32. The van der Waals surface area contributed by atoms with E-state index in [2.05, 4.69) is 59.4 Å². The third-order valence-corrected chi connectivity index (χ3v) is 7.34. The maximum atomic E-state index is 11.5. The molecule has 162 valence electrons. The fourth-order valence-electron chi connectivity index (χ4n) is 5.53. The summed E-state index contributed by atoms with van der Waals surface area (Å²) < 4.78 is 5.32. The molecular weight excluding hydrogens is 384 g/mol. The van der Waals surface area contributed by atoms with Crippen LogP contribution in [0.3, 0.4) is 0 Å². The summed E-state index contributed by atoms with van der Waals surface area (Å²) in [4.78, 5) is 6.74. The first-order valence-electron chi connectivity index (χ1n) is 11.6. The van der Waals surface area contributed by atoms with Gasteiger partial charge in [-0.25, -0.2) is 4.98 Å². The van der Waals surface area contributed by atoms with Gasteiger partial charge in [0.1, 0.15) is 0 Å². The van der Waals surface area contributed by atoms with Gasteiger partial charge in [0.2, 0.25) is 5.71 Å². The van der Waals surface area contributed by atoms with Crippen molar-refractivity contribution < 1.29 is 9.52 Å². The lowest BCUT2D eigenvalue weighted by Gasteiger charge is -2.48. The number of hydrogen-bond donors (Lipinski definition) is 1. The van der Waals surface area contributed by atoms with Crippen LogP contribution in [-0.4, -0.2) is 40.7 Å². The second-order valence-electron chi connectivity index (χ2n) is 9.49. The summed E-state index contributed by atoms with van der Waals surface area (Å²) in [5.41, 5.74) is 4.20. The van der Waals surface area contributed by atoms with Gasteiger partial charge in [-0.3, -0.25) is 0 Å². The number of allylic oxidation sites excluding steroid dienone is 1. The summed E-state index contributed by atoms with van der Waals surface area (Å²) in [6.07, 6.45) is 12.2. The maximum absolute atomic E-state index is 11.5. The van der Waals surface area contributed by atoms with Crippen LogP contribution in [0, 0.1) is 11.8 Å². The van der Waals surface area contributed by atoms with Crippen molar-refractivity contribution in [2.75, 3.05) is 20.1 Å². The topological polar surface area (TPSA) is 49.5 Å². The Hall–Kier alpha value is -2.43. The first-order chi connectivity index (χ1) is 15.1. The Morgan fingerprint density at radius 3 is 2.84 bits per heavy atom. The predicted octanol–water partition coefficient (Wildman–Crippen LogP) is 5.33. The van der Waals surface area contributed by atoms with Crippen LogP contribution < -0.4 is 0 Å². The lowest BCUT2D eigenvalue weighted by atomic mass is 9.61. The third-order valence-electron chi connectivity index (χ3n) is 7.34. The van der Waals surface area contributed by atoms with Crippen molar-refractivity contribution in [2.45, 2.75) is 44.1 Å². The van der Waals surface area contributed by atoms with E-state index in [1.165, 1.54) is 23.1 Å². The highest BCUT2D eigenvalue weighted by molar-refractivity contribution is 5.73. The molecule has 0 radical (unpaired) electrons. The molecule has 6 rings (SSSR count). The fraction of sp³-hybridized carbons (Fsp3) is 0.444. The monoisotopic (exact) mass is 416 g/mol. The molecule has 1 aromatic carbocycles.